The number of benzene rings is 1. The van der Waals surface area contributed by atoms with Gasteiger partial charge in [-0.15, -0.1) is 0 Å². The van der Waals surface area contributed by atoms with Gasteiger partial charge in [0, 0.05) is 37.1 Å². The first-order valence-electron chi connectivity index (χ1n) is 11.6. The van der Waals surface area contributed by atoms with Crippen molar-refractivity contribution in [3.63, 3.8) is 0 Å². The number of nitrogens with one attached hydrogen (secondary N) is 2. The quantitative estimate of drug-likeness (QED) is 0.378. The largest absolute Gasteiger partial charge is 0.490 e. The number of hydrogen-bond acceptors (Lipinski definition) is 8. The number of aliphatic carboxylic acids is 1. The molecule has 0 radical (unpaired) electrons. The number of carbonyl (C=O) groups is 3. The fourth-order valence-electron chi connectivity index (χ4n) is 3.03. The summed E-state index contributed by atoms with van der Waals surface area (Å²) < 4.78 is 17.6. The van der Waals surface area contributed by atoms with Crippen molar-refractivity contribution in [3.05, 3.63) is 24.4 Å². The second-order valence-corrected chi connectivity index (χ2v) is 10.4. The van der Waals surface area contributed by atoms with Crippen LogP contribution in [0.4, 0.5) is 9.59 Å². The molecule has 36 heavy (non-hydrogen) atoms. The van der Waals surface area contributed by atoms with Gasteiger partial charge in [-0.2, -0.15) is 5.10 Å². The molecule has 0 fully saturated rings. The van der Waals surface area contributed by atoms with E-state index in [4.69, 9.17) is 19.3 Å². The third kappa shape index (κ3) is 10.4. The molecule has 1 unspecified atom stereocenters. The molecule has 0 spiro atoms. The van der Waals surface area contributed by atoms with E-state index in [1.54, 1.807) is 70.6 Å². The van der Waals surface area contributed by atoms with E-state index in [2.05, 4.69) is 15.7 Å². The molecule has 1 aromatic carbocycles. The van der Waals surface area contributed by atoms with Crippen molar-refractivity contribution in [1.82, 2.24) is 20.4 Å². The minimum atomic E-state index is -1.63. The second-order valence-electron chi connectivity index (χ2n) is 10.4. The van der Waals surface area contributed by atoms with Gasteiger partial charge >= 0.3 is 18.2 Å². The van der Waals surface area contributed by atoms with Crippen LogP contribution in [-0.4, -0.2) is 75.2 Å². The van der Waals surface area contributed by atoms with E-state index >= 15 is 0 Å². The highest BCUT2D eigenvalue weighted by Gasteiger charge is 2.21. The Labute approximate surface area is 209 Å². The highest BCUT2D eigenvalue weighted by molar-refractivity contribution is 5.79. The van der Waals surface area contributed by atoms with Crippen LogP contribution in [0.3, 0.4) is 0 Å². The number of aliphatic hydroxyl groups is 1. The topological polar surface area (TPSA) is 161 Å². The highest BCUT2D eigenvalue weighted by atomic mass is 16.6. The number of amides is 2. The number of ether oxygens (including phenoxy) is 3. The zero-order valence-corrected chi connectivity index (χ0v) is 21.5. The molecular formula is C24H36N4O8. The summed E-state index contributed by atoms with van der Waals surface area (Å²) in [7, 11) is 0. The third-order valence-corrected chi connectivity index (χ3v) is 4.53. The normalized spacial score (nSPS) is 12.8. The summed E-state index contributed by atoms with van der Waals surface area (Å²) in [5, 5.41) is 28.9. The average Bonchev–Trinajstić information content (AvgIpc) is 3.12. The van der Waals surface area contributed by atoms with Crippen molar-refractivity contribution < 1.29 is 38.8 Å². The van der Waals surface area contributed by atoms with Gasteiger partial charge < -0.3 is 35.1 Å². The number of fused-ring (bicyclic) bond motifs is 1. The Balaban J connectivity index is 2.09. The van der Waals surface area contributed by atoms with Gasteiger partial charge in [0.05, 0.1) is 5.52 Å². The van der Waals surface area contributed by atoms with Gasteiger partial charge in [0.1, 0.15) is 23.6 Å². The molecule has 0 aliphatic rings. The predicted octanol–water partition coefficient (Wildman–Crippen LogP) is 2.53. The Bertz CT molecular complexity index is 1020. The number of carbonyl (C=O) groups excluding carboxylic acids is 2. The second kappa shape index (κ2) is 11.9. The van der Waals surface area contributed by atoms with E-state index < -0.39 is 35.5 Å². The maximum absolute atomic E-state index is 12.1. The van der Waals surface area contributed by atoms with Crippen LogP contribution in [0.25, 0.3) is 10.9 Å². The number of alkyl carbamates (subject to hydrolysis) is 2. The van der Waals surface area contributed by atoms with Crippen molar-refractivity contribution >= 4 is 29.1 Å². The zero-order valence-electron chi connectivity index (χ0n) is 21.5. The molecule has 200 valence electrons. The van der Waals surface area contributed by atoms with E-state index in [0.717, 1.165) is 5.39 Å². The lowest BCUT2D eigenvalue weighted by molar-refractivity contribution is -0.148. The van der Waals surface area contributed by atoms with Gasteiger partial charge in [-0.3, -0.25) is 4.68 Å². The maximum Gasteiger partial charge on any atom is 0.407 e. The lowest BCUT2D eigenvalue weighted by atomic mass is 10.1. The molecule has 1 heterocycles. The van der Waals surface area contributed by atoms with Gasteiger partial charge in [-0.25, -0.2) is 14.4 Å². The van der Waals surface area contributed by atoms with E-state index in [-0.39, 0.29) is 25.6 Å². The first-order chi connectivity index (χ1) is 16.6. The SMILES string of the molecule is CC(C)(C)OC(=O)NCC(CNC(=O)OC(C)(C)C)Cn1cc2cc(OCC(O)C(=O)O)ccc2n1. The van der Waals surface area contributed by atoms with E-state index in [1.807, 2.05) is 0 Å². The molecule has 2 rings (SSSR count). The predicted molar refractivity (Wildman–Crippen MR) is 131 cm³/mol. The monoisotopic (exact) mass is 508 g/mol. The molecule has 0 aliphatic heterocycles. The van der Waals surface area contributed by atoms with Crippen LogP contribution in [0.5, 0.6) is 5.75 Å². The summed E-state index contributed by atoms with van der Waals surface area (Å²) in [5.74, 6) is -1.23. The van der Waals surface area contributed by atoms with E-state index in [9.17, 15) is 19.5 Å². The van der Waals surface area contributed by atoms with E-state index in [1.165, 1.54) is 0 Å². The van der Waals surface area contributed by atoms with E-state index in [0.29, 0.717) is 17.8 Å². The molecule has 2 aromatic rings. The summed E-state index contributed by atoms with van der Waals surface area (Å²) in [4.78, 5) is 35.0. The molecule has 12 nitrogen and oxygen atoms in total. The summed E-state index contributed by atoms with van der Waals surface area (Å²) in [6, 6.07) is 5.02. The number of aromatic nitrogens is 2. The number of carboxylic acid groups (broad SMARTS) is 1. The first-order valence-corrected chi connectivity index (χ1v) is 11.6. The van der Waals surface area contributed by atoms with Gasteiger partial charge in [-0.1, -0.05) is 0 Å². The van der Waals surface area contributed by atoms with Crippen molar-refractivity contribution in [2.24, 2.45) is 5.92 Å². The summed E-state index contributed by atoms with van der Waals surface area (Å²) >= 11 is 0. The average molecular weight is 509 g/mol. The van der Waals surface area contributed by atoms with Gasteiger partial charge in [0.2, 0.25) is 0 Å². The number of rotatable bonds is 10. The van der Waals surface area contributed by atoms with Crippen LogP contribution in [0, 0.1) is 5.92 Å². The zero-order chi connectivity index (χ0) is 27.1. The van der Waals surface area contributed by atoms with Crippen LogP contribution in [0.1, 0.15) is 41.5 Å². The highest BCUT2D eigenvalue weighted by Crippen LogP contribution is 2.20. The van der Waals surface area contributed by atoms with Crippen LogP contribution in [0.2, 0.25) is 0 Å². The fourth-order valence-corrected chi connectivity index (χ4v) is 3.03. The summed E-state index contributed by atoms with van der Waals surface area (Å²) in [5.41, 5.74) is -0.622. The Morgan fingerprint density at radius 2 is 1.56 bits per heavy atom. The molecule has 12 heteroatoms. The number of nitrogens with zero attached hydrogens (tertiary/aromatic N) is 2. The molecule has 0 saturated heterocycles. The molecule has 0 saturated carbocycles. The Hall–Kier alpha value is -3.54. The van der Waals surface area contributed by atoms with Crippen molar-refractivity contribution in [3.8, 4) is 5.75 Å². The lowest BCUT2D eigenvalue weighted by Gasteiger charge is -2.23. The third-order valence-electron chi connectivity index (χ3n) is 4.53. The molecule has 2 amide bonds. The summed E-state index contributed by atoms with van der Waals surface area (Å²) in [6.07, 6.45) is -0.996. The molecule has 1 aromatic heterocycles. The van der Waals surface area contributed by atoms with Crippen molar-refractivity contribution in [2.75, 3.05) is 19.7 Å². The Kier molecular flexibility index (Phi) is 9.51. The van der Waals surface area contributed by atoms with Gasteiger partial charge in [-0.05, 0) is 59.7 Å². The lowest BCUT2D eigenvalue weighted by Crippen LogP contribution is -2.41. The maximum atomic E-state index is 12.1. The summed E-state index contributed by atoms with van der Waals surface area (Å²) in [6.45, 7) is 11.0. The Morgan fingerprint density at radius 1 is 1.00 bits per heavy atom. The molecule has 1 atom stereocenters. The minimum absolute atomic E-state index is 0.211. The smallest absolute Gasteiger partial charge is 0.407 e. The van der Waals surface area contributed by atoms with Crippen LogP contribution < -0.4 is 15.4 Å². The molecule has 4 N–H and O–H groups in total. The number of hydrogen-bond donors (Lipinski definition) is 4. The van der Waals surface area contributed by atoms with Crippen LogP contribution in [-0.2, 0) is 20.8 Å². The van der Waals surface area contributed by atoms with Gasteiger partial charge in [0.25, 0.3) is 0 Å². The van der Waals surface area contributed by atoms with Crippen LogP contribution in [0.15, 0.2) is 24.4 Å². The fraction of sp³-hybridized carbons (Fsp3) is 0.583. The molecular weight excluding hydrogens is 472 g/mol. The van der Waals surface area contributed by atoms with Crippen molar-refractivity contribution in [2.45, 2.75) is 65.4 Å². The Morgan fingerprint density at radius 3 is 2.06 bits per heavy atom. The molecule has 0 aliphatic carbocycles. The first kappa shape index (κ1) is 28.7. The minimum Gasteiger partial charge on any atom is -0.490 e. The standard InChI is InChI=1S/C24H36N4O8/c1-23(2,3)35-21(32)25-10-15(11-26-22(33)36-24(4,5)6)12-28-13-16-9-17(7-8-18(16)27-28)34-14-19(29)20(30)31/h7-9,13,15,19,29H,10-12,14H2,1-6H3,(H,25,32)(H,26,33)(H,30,31). The van der Waals surface area contributed by atoms with Crippen molar-refractivity contribution in [1.29, 1.82) is 0 Å². The van der Waals surface area contributed by atoms with Crippen LogP contribution >= 0.6 is 0 Å². The van der Waals surface area contributed by atoms with Gasteiger partial charge in [0.15, 0.2) is 6.10 Å². The number of carboxylic acids is 1. The number of aliphatic hydroxyl groups excluding tert-OH is 1. The molecule has 0 bridgehead atoms.